The first-order chi connectivity index (χ1) is 7.84. The van der Waals surface area contributed by atoms with Crippen molar-refractivity contribution in [3.8, 4) is 11.5 Å². The molecule has 0 saturated carbocycles. The van der Waals surface area contributed by atoms with E-state index in [4.69, 9.17) is 16.0 Å². The molecule has 0 N–H and O–H groups in total. The normalized spacial score (nSPS) is 10.8. The SMILES string of the molecule is Clc1ccccc1-c1nc2c[c]ccc2o1. The van der Waals surface area contributed by atoms with E-state index in [1.54, 1.807) is 12.1 Å². The van der Waals surface area contributed by atoms with Crippen molar-refractivity contribution in [2.75, 3.05) is 0 Å². The number of fused-ring (bicyclic) bond motifs is 1. The topological polar surface area (TPSA) is 26.0 Å². The van der Waals surface area contributed by atoms with Gasteiger partial charge in [0.25, 0.3) is 0 Å². The first-order valence-electron chi connectivity index (χ1n) is 4.86. The molecule has 0 spiro atoms. The van der Waals surface area contributed by atoms with Crippen LogP contribution < -0.4 is 0 Å². The van der Waals surface area contributed by atoms with Crippen molar-refractivity contribution in [3.63, 3.8) is 0 Å². The van der Waals surface area contributed by atoms with E-state index in [0.717, 1.165) is 16.7 Å². The quantitative estimate of drug-likeness (QED) is 0.630. The number of rotatable bonds is 1. The van der Waals surface area contributed by atoms with Gasteiger partial charge in [-0.05, 0) is 30.3 Å². The van der Waals surface area contributed by atoms with E-state index in [1.165, 1.54) is 0 Å². The maximum atomic E-state index is 6.08. The van der Waals surface area contributed by atoms with Gasteiger partial charge in [-0.3, -0.25) is 0 Å². The number of hydrogen-bond acceptors (Lipinski definition) is 2. The van der Waals surface area contributed by atoms with E-state index < -0.39 is 0 Å². The van der Waals surface area contributed by atoms with Crippen LogP contribution >= 0.6 is 11.6 Å². The number of aromatic nitrogens is 1. The summed E-state index contributed by atoms with van der Waals surface area (Å²) in [6.07, 6.45) is 0. The number of hydrogen-bond donors (Lipinski definition) is 0. The Morgan fingerprint density at radius 1 is 1.19 bits per heavy atom. The summed E-state index contributed by atoms with van der Waals surface area (Å²) in [5.74, 6) is 0.542. The van der Waals surface area contributed by atoms with Crippen molar-refractivity contribution in [1.29, 1.82) is 0 Å². The summed E-state index contributed by atoms with van der Waals surface area (Å²) in [6, 6.07) is 15.9. The van der Waals surface area contributed by atoms with Gasteiger partial charge in [-0.15, -0.1) is 0 Å². The molecule has 3 rings (SSSR count). The average Bonchev–Trinajstić information content (AvgIpc) is 2.73. The van der Waals surface area contributed by atoms with E-state index in [-0.39, 0.29) is 0 Å². The van der Waals surface area contributed by atoms with Crippen LogP contribution in [0.2, 0.25) is 5.02 Å². The largest absolute Gasteiger partial charge is 0.436 e. The zero-order valence-corrected chi connectivity index (χ0v) is 9.03. The lowest BCUT2D eigenvalue weighted by molar-refractivity contribution is 0.620. The van der Waals surface area contributed by atoms with E-state index in [1.807, 2.05) is 30.3 Å². The lowest BCUT2D eigenvalue weighted by atomic mass is 10.2. The summed E-state index contributed by atoms with van der Waals surface area (Å²) in [5, 5.41) is 0.637. The standard InChI is InChI=1S/C13H7ClNO/c14-10-6-2-1-5-9(10)13-15-11-7-3-4-8-12(11)16-13/h1-2,4-8H. The fraction of sp³-hybridized carbons (Fsp3) is 0. The Balaban J connectivity index is 2.23. The van der Waals surface area contributed by atoms with Crippen LogP contribution in [0.25, 0.3) is 22.6 Å². The lowest BCUT2D eigenvalue weighted by Crippen LogP contribution is -1.77. The molecular formula is C13H7ClNO. The van der Waals surface area contributed by atoms with Crippen molar-refractivity contribution in [2.45, 2.75) is 0 Å². The molecule has 0 aliphatic heterocycles. The Morgan fingerprint density at radius 2 is 2.06 bits per heavy atom. The molecule has 3 heteroatoms. The van der Waals surface area contributed by atoms with Gasteiger partial charge in [-0.1, -0.05) is 29.8 Å². The molecule has 3 aromatic rings. The summed E-state index contributed by atoms with van der Waals surface area (Å²) >= 11 is 6.08. The van der Waals surface area contributed by atoms with Gasteiger partial charge in [-0.25, -0.2) is 4.98 Å². The van der Waals surface area contributed by atoms with E-state index in [2.05, 4.69) is 11.1 Å². The number of oxazole rings is 1. The predicted octanol–water partition coefficient (Wildman–Crippen LogP) is 3.95. The van der Waals surface area contributed by atoms with Gasteiger partial charge in [-0.2, -0.15) is 0 Å². The molecule has 77 valence electrons. The molecule has 0 amide bonds. The Labute approximate surface area is 97.5 Å². The van der Waals surface area contributed by atoms with Crippen LogP contribution in [0.3, 0.4) is 0 Å². The fourth-order valence-corrected chi connectivity index (χ4v) is 1.78. The monoisotopic (exact) mass is 228 g/mol. The van der Waals surface area contributed by atoms with Crippen molar-refractivity contribution >= 4 is 22.7 Å². The van der Waals surface area contributed by atoms with Crippen molar-refractivity contribution in [2.24, 2.45) is 0 Å². The Bertz CT molecular complexity index is 612. The summed E-state index contributed by atoms with van der Waals surface area (Å²) in [7, 11) is 0. The predicted molar refractivity (Wildman–Crippen MR) is 63.3 cm³/mol. The number of benzene rings is 2. The Morgan fingerprint density at radius 3 is 2.88 bits per heavy atom. The Hall–Kier alpha value is -1.80. The van der Waals surface area contributed by atoms with Crippen LogP contribution in [-0.2, 0) is 0 Å². The first-order valence-corrected chi connectivity index (χ1v) is 5.24. The van der Waals surface area contributed by atoms with Gasteiger partial charge in [0, 0.05) is 0 Å². The third-order valence-electron chi connectivity index (χ3n) is 2.34. The minimum Gasteiger partial charge on any atom is -0.436 e. The van der Waals surface area contributed by atoms with Gasteiger partial charge in [0.15, 0.2) is 5.58 Å². The van der Waals surface area contributed by atoms with E-state index in [9.17, 15) is 0 Å². The number of nitrogens with zero attached hydrogens (tertiary/aromatic N) is 1. The van der Waals surface area contributed by atoms with Crippen molar-refractivity contribution < 1.29 is 4.42 Å². The molecule has 0 aliphatic carbocycles. The molecule has 2 aromatic carbocycles. The Kier molecular flexibility index (Phi) is 2.15. The highest BCUT2D eigenvalue weighted by atomic mass is 35.5. The average molecular weight is 229 g/mol. The van der Waals surface area contributed by atoms with Crippen molar-refractivity contribution in [3.05, 3.63) is 53.6 Å². The molecule has 1 heterocycles. The third kappa shape index (κ3) is 1.48. The second kappa shape index (κ2) is 3.65. The highest BCUT2D eigenvalue weighted by molar-refractivity contribution is 6.33. The van der Waals surface area contributed by atoms with E-state index >= 15 is 0 Å². The van der Waals surface area contributed by atoms with Crippen LogP contribution in [0, 0.1) is 6.07 Å². The molecule has 0 fully saturated rings. The zero-order valence-electron chi connectivity index (χ0n) is 8.27. The lowest BCUT2D eigenvalue weighted by Gasteiger charge is -1.96. The second-order valence-electron chi connectivity index (χ2n) is 3.39. The van der Waals surface area contributed by atoms with Gasteiger partial charge in [0.05, 0.1) is 10.6 Å². The maximum absolute atomic E-state index is 6.08. The van der Waals surface area contributed by atoms with Crippen molar-refractivity contribution in [1.82, 2.24) is 4.98 Å². The molecule has 16 heavy (non-hydrogen) atoms. The molecule has 0 unspecified atom stereocenters. The minimum absolute atomic E-state index is 0.542. The first kappa shape index (κ1) is 9.43. The molecule has 1 radical (unpaired) electrons. The summed E-state index contributed by atoms with van der Waals surface area (Å²) in [5.41, 5.74) is 2.34. The highest BCUT2D eigenvalue weighted by Crippen LogP contribution is 2.29. The summed E-state index contributed by atoms with van der Waals surface area (Å²) in [6.45, 7) is 0. The second-order valence-corrected chi connectivity index (χ2v) is 3.80. The molecular weight excluding hydrogens is 222 g/mol. The molecule has 0 atom stereocenters. The van der Waals surface area contributed by atoms with Gasteiger partial charge < -0.3 is 4.42 Å². The van der Waals surface area contributed by atoms with E-state index in [0.29, 0.717) is 10.9 Å². The minimum atomic E-state index is 0.542. The van der Waals surface area contributed by atoms with Gasteiger partial charge >= 0.3 is 0 Å². The fourth-order valence-electron chi connectivity index (χ4n) is 1.57. The highest BCUT2D eigenvalue weighted by Gasteiger charge is 2.09. The molecule has 2 nitrogen and oxygen atoms in total. The van der Waals surface area contributed by atoms with Crippen LogP contribution in [0.1, 0.15) is 0 Å². The molecule has 0 saturated heterocycles. The third-order valence-corrected chi connectivity index (χ3v) is 2.67. The summed E-state index contributed by atoms with van der Waals surface area (Å²) < 4.78 is 5.62. The van der Waals surface area contributed by atoms with Crippen LogP contribution in [-0.4, -0.2) is 4.98 Å². The zero-order chi connectivity index (χ0) is 11.0. The molecule has 1 aromatic heterocycles. The van der Waals surface area contributed by atoms with Crippen LogP contribution in [0.5, 0.6) is 0 Å². The maximum Gasteiger partial charge on any atom is 0.228 e. The molecule has 0 aliphatic rings. The van der Waals surface area contributed by atoms with Crippen LogP contribution in [0.4, 0.5) is 0 Å². The van der Waals surface area contributed by atoms with Gasteiger partial charge in [0.2, 0.25) is 5.89 Å². The smallest absolute Gasteiger partial charge is 0.228 e. The number of halogens is 1. The molecule has 0 bridgehead atoms. The summed E-state index contributed by atoms with van der Waals surface area (Å²) in [4.78, 5) is 4.36. The van der Waals surface area contributed by atoms with Crippen LogP contribution in [0.15, 0.2) is 46.9 Å². The van der Waals surface area contributed by atoms with Gasteiger partial charge in [0.1, 0.15) is 5.52 Å².